The highest BCUT2D eigenvalue weighted by Crippen LogP contribution is 2.20. The zero-order chi connectivity index (χ0) is 12.4. The van der Waals surface area contributed by atoms with Gasteiger partial charge in [0.05, 0.1) is 6.54 Å². The van der Waals surface area contributed by atoms with E-state index in [1.165, 1.54) is 4.90 Å². The minimum atomic E-state index is -0.520. The van der Waals surface area contributed by atoms with E-state index in [0.717, 1.165) is 6.42 Å². The van der Waals surface area contributed by atoms with E-state index in [0.29, 0.717) is 18.7 Å². The SMILES string of the molecule is NCc1ccc(C(=O)N2CCCC2C(N)=O)o1. The average molecular weight is 237 g/mol. The molecule has 0 bridgehead atoms. The Hall–Kier alpha value is -1.82. The number of nitrogens with two attached hydrogens (primary N) is 2. The summed E-state index contributed by atoms with van der Waals surface area (Å²) in [6.07, 6.45) is 1.40. The second kappa shape index (κ2) is 4.58. The molecule has 1 aromatic rings. The maximum atomic E-state index is 12.1. The van der Waals surface area contributed by atoms with E-state index in [4.69, 9.17) is 15.9 Å². The lowest BCUT2D eigenvalue weighted by atomic mass is 10.2. The van der Waals surface area contributed by atoms with E-state index in [1.54, 1.807) is 12.1 Å². The molecule has 1 aliphatic heterocycles. The van der Waals surface area contributed by atoms with Gasteiger partial charge >= 0.3 is 0 Å². The first-order chi connectivity index (χ1) is 8.13. The summed E-state index contributed by atoms with van der Waals surface area (Å²) in [6, 6.07) is 2.71. The van der Waals surface area contributed by atoms with Crippen LogP contribution in [0.1, 0.15) is 29.2 Å². The third-order valence-corrected chi connectivity index (χ3v) is 2.92. The van der Waals surface area contributed by atoms with Crippen LogP contribution in [-0.4, -0.2) is 29.3 Å². The van der Waals surface area contributed by atoms with E-state index in [1.807, 2.05) is 0 Å². The van der Waals surface area contributed by atoms with Crippen molar-refractivity contribution in [1.29, 1.82) is 0 Å². The molecule has 0 spiro atoms. The first-order valence-electron chi connectivity index (χ1n) is 5.52. The maximum Gasteiger partial charge on any atom is 0.290 e. The van der Waals surface area contributed by atoms with Crippen LogP contribution in [0.3, 0.4) is 0 Å². The maximum absolute atomic E-state index is 12.1. The number of primary amides is 1. The van der Waals surface area contributed by atoms with Crippen molar-refractivity contribution in [3.8, 4) is 0 Å². The van der Waals surface area contributed by atoms with E-state index < -0.39 is 11.9 Å². The number of likely N-dealkylation sites (tertiary alicyclic amines) is 1. The smallest absolute Gasteiger partial charge is 0.290 e. The fraction of sp³-hybridized carbons (Fsp3) is 0.455. The number of rotatable bonds is 3. The van der Waals surface area contributed by atoms with Gasteiger partial charge < -0.3 is 20.8 Å². The Morgan fingerprint density at radius 2 is 2.24 bits per heavy atom. The number of furan rings is 1. The van der Waals surface area contributed by atoms with Gasteiger partial charge in [0.2, 0.25) is 5.91 Å². The van der Waals surface area contributed by atoms with E-state index in [2.05, 4.69) is 0 Å². The lowest BCUT2D eigenvalue weighted by molar-refractivity contribution is -0.121. The van der Waals surface area contributed by atoms with Crippen LogP contribution >= 0.6 is 0 Å². The van der Waals surface area contributed by atoms with Crippen molar-refractivity contribution in [3.05, 3.63) is 23.7 Å². The molecular formula is C11H15N3O3. The van der Waals surface area contributed by atoms with E-state index in [9.17, 15) is 9.59 Å². The molecule has 6 nitrogen and oxygen atoms in total. The van der Waals surface area contributed by atoms with Gasteiger partial charge in [-0.15, -0.1) is 0 Å². The molecule has 0 radical (unpaired) electrons. The minimum absolute atomic E-state index is 0.207. The quantitative estimate of drug-likeness (QED) is 0.761. The van der Waals surface area contributed by atoms with Crippen LogP contribution < -0.4 is 11.5 Å². The van der Waals surface area contributed by atoms with Crippen LogP contribution in [0.4, 0.5) is 0 Å². The molecule has 2 rings (SSSR count). The van der Waals surface area contributed by atoms with Gasteiger partial charge in [-0.1, -0.05) is 0 Å². The monoisotopic (exact) mass is 237 g/mol. The normalized spacial score (nSPS) is 19.6. The van der Waals surface area contributed by atoms with Crippen molar-refractivity contribution in [2.75, 3.05) is 6.54 Å². The Balaban J connectivity index is 2.16. The fourth-order valence-corrected chi connectivity index (χ4v) is 2.05. The third kappa shape index (κ3) is 2.16. The first-order valence-corrected chi connectivity index (χ1v) is 5.52. The Labute approximate surface area is 98.5 Å². The van der Waals surface area contributed by atoms with Gasteiger partial charge in [0, 0.05) is 6.54 Å². The number of amides is 2. The Bertz CT molecular complexity index is 441. The molecule has 6 heteroatoms. The summed E-state index contributed by atoms with van der Waals surface area (Å²) < 4.78 is 5.27. The second-order valence-corrected chi connectivity index (χ2v) is 4.03. The molecule has 1 aliphatic rings. The van der Waals surface area contributed by atoms with Gasteiger partial charge in [-0.3, -0.25) is 9.59 Å². The molecule has 0 aromatic carbocycles. The predicted molar refractivity (Wildman–Crippen MR) is 59.9 cm³/mol. The predicted octanol–water partition coefficient (Wildman–Crippen LogP) is -0.172. The summed E-state index contributed by atoms with van der Waals surface area (Å²) in [7, 11) is 0. The standard InChI is InChI=1S/C11H15N3O3/c12-6-7-3-4-9(17-7)11(16)14-5-1-2-8(14)10(13)15/h3-4,8H,1-2,5-6,12H2,(H2,13,15). The van der Waals surface area contributed by atoms with Gasteiger partial charge in [-0.05, 0) is 25.0 Å². The van der Waals surface area contributed by atoms with Crippen LogP contribution in [0, 0.1) is 0 Å². The van der Waals surface area contributed by atoms with Gasteiger partial charge in [0.15, 0.2) is 5.76 Å². The van der Waals surface area contributed by atoms with Gasteiger partial charge in [0.1, 0.15) is 11.8 Å². The largest absolute Gasteiger partial charge is 0.455 e. The van der Waals surface area contributed by atoms with Crippen LogP contribution in [0.15, 0.2) is 16.5 Å². The third-order valence-electron chi connectivity index (χ3n) is 2.92. The first kappa shape index (κ1) is 11.7. The molecule has 0 aliphatic carbocycles. The highest BCUT2D eigenvalue weighted by atomic mass is 16.4. The minimum Gasteiger partial charge on any atom is -0.455 e. The molecular weight excluding hydrogens is 222 g/mol. The Morgan fingerprint density at radius 1 is 1.47 bits per heavy atom. The zero-order valence-electron chi connectivity index (χ0n) is 9.39. The molecule has 1 aromatic heterocycles. The molecule has 17 heavy (non-hydrogen) atoms. The van der Waals surface area contributed by atoms with Crippen molar-refractivity contribution in [2.45, 2.75) is 25.4 Å². The summed E-state index contributed by atoms with van der Waals surface area (Å²) in [6.45, 7) is 0.775. The molecule has 4 N–H and O–H groups in total. The zero-order valence-corrected chi connectivity index (χ0v) is 9.39. The van der Waals surface area contributed by atoms with Gasteiger partial charge in [-0.25, -0.2) is 0 Å². The molecule has 1 fully saturated rings. The van der Waals surface area contributed by atoms with Crippen molar-refractivity contribution in [3.63, 3.8) is 0 Å². The summed E-state index contributed by atoms with van der Waals surface area (Å²) in [4.78, 5) is 24.7. The summed E-state index contributed by atoms with van der Waals surface area (Å²) in [5.41, 5.74) is 10.7. The van der Waals surface area contributed by atoms with Crippen molar-refractivity contribution < 1.29 is 14.0 Å². The Kier molecular flexibility index (Phi) is 3.14. The highest BCUT2D eigenvalue weighted by Gasteiger charge is 2.34. The van der Waals surface area contributed by atoms with Gasteiger partial charge in [0.25, 0.3) is 5.91 Å². The molecule has 1 unspecified atom stereocenters. The summed E-state index contributed by atoms with van der Waals surface area (Å²) in [5, 5.41) is 0. The fourth-order valence-electron chi connectivity index (χ4n) is 2.05. The topological polar surface area (TPSA) is 103 Å². The number of nitrogens with zero attached hydrogens (tertiary/aromatic N) is 1. The van der Waals surface area contributed by atoms with Crippen LogP contribution in [0.5, 0.6) is 0 Å². The van der Waals surface area contributed by atoms with Crippen molar-refractivity contribution >= 4 is 11.8 Å². The van der Waals surface area contributed by atoms with Crippen LogP contribution in [0.25, 0.3) is 0 Å². The highest BCUT2D eigenvalue weighted by molar-refractivity contribution is 5.95. The number of carbonyl (C=O) groups excluding carboxylic acids is 2. The molecule has 1 atom stereocenters. The van der Waals surface area contributed by atoms with Crippen molar-refractivity contribution in [2.24, 2.45) is 11.5 Å². The van der Waals surface area contributed by atoms with Crippen LogP contribution in [-0.2, 0) is 11.3 Å². The van der Waals surface area contributed by atoms with Crippen molar-refractivity contribution in [1.82, 2.24) is 4.90 Å². The lowest BCUT2D eigenvalue weighted by Crippen LogP contribution is -2.43. The second-order valence-electron chi connectivity index (χ2n) is 4.03. The number of hydrogen-bond donors (Lipinski definition) is 2. The Morgan fingerprint density at radius 3 is 2.82 bits per heavy atom. The van der Waals surface area contributed by atoms with Gasteiger partial charge in [-0.2, -0.15) is 0 Å². The average Bonchev–Trinajstić information content (AvgIpc) is 2.97. The molecule has 1 saturated heterocycles. The van der Waals surface area contributed by atoms with E-state index >= 15 is 0 Å². The molecule has 0 saturated carbocycles. The molecule has 2 amide bonds. The van der Waals surface area contributed by atoms with Crippen LogP contribution in [0.2, 0.25) is 0 Å². The number of hydrogen-bond acceptors (Lipinski definition) is 4. The van der Waals surface area contributed by atoms with E-state index in [-0.39, 0.29) is 18.2 Å². The number of carbonyl (C=O) groups is 2. The summed E-state index contributed by atoms with van der Waals surface area (Å²) in [5.74, 6) is -0.0192. The summed E-state index contributed by atoms with van der Waals surface area (Å²) >= 11 is 0. The lowest BCUT2D eigenvalue weighted by Gasteiger charge is -2.20. The molecule has 2 heterocycles. The molecule has 92 valence electrons.